The molecule has 35 heavy (non-hydrogen) atoms. The molecule has 7 nitrogen and oxygen atoms in total. The Hall–Kier alpha value is -4.39. The van der Waals surface area contributed by atoms with Gasteiger partial charge in [-0.25, -0.2) is 0 Å². The van der Waals surface area contributed by atoms with Gasteiger partial charge in [0.05, 0.1) is 0 Å². The highest BCUT2D eigenvalue weighted by atomic mass is 16.2. The van der Waals surface area contributed by atoms with Crippen LogP contribution in [-0.2, 0) is 11.2 Å². The van der Waals surface area contributed by atoms with Gasteiger partial charge in [-0.05, 0) is 73.4 Å². The van der Waals surface area contributed by atoms with Gasteiger partial charge in [-0.2, -0.15) is 0 Å². The van der Waals surface area contributed by atoms with Gasteiger partial charge in [-0.15, -0.1) is 0 Å². The number of hydrogen-bond donors (Lipinski definition) is 4. The Labute approximate surface area is 204 Å². The Morgan fingerprint density at radius 3 is 2.43 bits per heavy atom. The number of amides is 2. The summed E-state index contributed by atoms with van der Waals surface area (Å²) in [4.78, 5) is 32.4. The van der Waals surface area contributed by atoms with Crippen LogP contribution in [0.25, 0.3) is 10.9 Å². The molecule has 0 radical (unpaired) electrons. The van der Waals surface area contributed by atoms with E-state index in [1.54, 1.807) is 24.3 Å². The Bertz CT molecular complexity index is 1380. The maximum Gasteiger partial charge on any atom is 0.258 e. The van der Waals surface area contributed by atoms with Crippen molar-refractivity contribution >= 4 is 40.1 Å². The number of nitrogens with zero attached hydrogens (tertiary/aromatic N) is 1. The average Bonchev–Trinajstić information content (AvgIpc) is 3.21. The maximum atomic E-state index is 13.0. The summed E-state index contributed by atoms with van der Waals surface area (Å²) in [6.07, 6.45) is 2.72. The van der Waals surface area contributed by atoms with Crippen LogP contribution in [-0.4, -0.2) is 29.3 Å². The van der Waals surface area contributed by atoms with Crippen molar-refractivity contribution in [1.29, 1.82) is 0 Å². The third kappa shape index (κ3) is 6.35. The first-order valence-corrected chi connectivity index (χ1v) is 11.5. The van der Waals surface area contributed by atoms with E-state index in [0.29, 0.717) is 23.8 Å². The standard InChI is InChI=1S/C28H29N5O2/c1-18-13-19(2)15-24(14-18)32-28(29-12-11-22-17-30-26-10-5-4-9-25(22)26)33-27(35)21-7-6-8-23(16-21)31-20(3)34/h4-10,13-17,30H,11-12H2,1-3H3,(H,31,34)(H2,29,32,33,35). The number of nitrogens with one attached hydrogen (secondary N) is 4. The normalized spacial score (nSPS) is 11.3. The molecule has 0 bridgehead atoms. The minimum absolute atomic E-state index is 0.196. The van der Waals surface area contributed by atoms with E-state index >= 15 is 0 Å². The number of aryl methyl sites for hydroxylation is 2. The number of hydrogen-bond acceptors (Lipinski definition) is 3. The molecule has 0 aliphatic heterocycles. The van der Waals surface area contributed by atoms with E-state index in [0.717, 1.165) is 28.8 Å². The molecule has 7 heteroatoms. The third-order valence-corrected chi connectivity index (χ3v) is 5.49. The van der Waals surface area contributed by atoms with Gasteiger partial charge in [0.25, 0.3) is 5.91 Å². The summed E-state index contributed by atoms with van der Waals surface area (Å²) in [6.45, 7) is 5.97. The summed E-state index contributed by atoms with van der Waals surface area (Å²) in [5.74, 6) is -0.150. The van der Waals surface area contributed by atoms with Crippen molar-refractivity contribution in [2.45, 2.75) is 27.2 Å². The summed E-state index contributed by atoms with van der Waals surface area (Å²) in [7, 11) is 0. The summed E-state index contributed by atoms with van der Waals surface area (Å²) in [5.41, 5.74) is 6.31. The zero-order valence-corrected chi connectivity index (χ0v) is 20.1. The van der Waals surface area contributed by atoms with E-state index in [-0.39, 0.29) is 11.8 Å². The number of benzene rings is 3. The molecule has 0 fully saturated rings. The topological polar surface area (TPSA) is 98.4 Å². The first-order valence-electron chi connectivity index (χ1n) is 11.5. The van der Waals surface area contributed by atoms with Crippen molar-refractivity contribution in [3.05, 3.63) is 95.2 Å². The molecule has 0 unspecified atom stereocenters. The first-order chi connectivity index (χ1) is 16.9. The SMILES string of the molecule is CC(=O)Nc1cccc(C(=O)NC(=NCCc2c[nH]c3ccccc23)Nc2cc(C)cc(C)c2)c1. The lowest BCUT2D eigenvalue weighted by molar-refractivity contribution is -0.114. The molecule has 1 heterocycles. The minimum Gasteiger partial charge on any atom is -0.361 e. The molecule has 0 saturated carbocycles. The second-order valence-electron chi connectivity index (χ2n) is 8.56. The fourth-order valence-corrected chi connectivity index (χ4v) is 4.04. The van der Waals surface area contributed by atoms with E-state index in [4.69, 9.17) is 0 Å². The van der Waals surface area contributed by atoms with Crippen LogP contribution in [0.3, 0.4) is 0 Å². The predicted molar refractivity (Wildman–Crippen MR) is 142 cm³/mol. The molecule has 2 amide bonds. The van der Waals surface area contributed by atoms with E-state index < -0.39 is 0 Å². The molecule has 0 spiro atoms. The Morgan fingerprint density at radius 2 is 1.66 bits per heavy atom. The number of anilines is 2. The highest BCUT2D eigenvalue weighted by Crippen LogP contribution is 2.18. The van der Waals surface area contributed by atoms with Gasteiger partial charge in [0.15, 0.2) is 0 Å². The summed E-state index contributed by atoms with van der Waals surface area (Å²) < 4.78 is 0. The van der Waals surface area contributed by atoms with Gasteiger partial charge in [0, 0.05) is 47.5 Å². The zero-order valence-electron chi connectivity index (χ0n) is 20.1. The Kier molecular flexibility index (Phi) is 7.26. The van der Waals surface area contributed by atoms with Gasteiger partial charge < -0.3 is 15.6 Å². The van der Waals surface area contributed by atoms with Crippen LogP contribution >= 0.6 is 0 Å². The molecule has 0 saturated heterocycles. The van der Waals surface area contributed by atoms with E-state index in [2.05, 4.69) is 38.1 Å². The fraction of sp³-hybridized carbons (Fsp3) is 0.179. The van der Waals surface area contributed by atoms with Crippen molar-refractivity contribution in [2.24, 2.45) is 4.99 Å². The van der Waals surface area contributed by atoms with Crippen molar-refractivity contribution in [3.63, 3.8) is 0 Å². The zero-order chi connectivity index (χ0) is 24.8. The maximum absolute atomic E-state index is 13.0. The van der Waals surface area contributed by atoms with Gasteiger partial charge in [-0.1, -0.05) is 30.3 Å². The summed E-state index contributed by atoms with van der Waals surface area (Å²) in [6, 6.07) is 21.1. The molecule has 4 rings (SSSR count). The van der Waals surface area contributed by atoms with Crippen LogP contribution in [0.1, 0.15) is 34.0 Å². The van der Waals surface area contributed by atoms with Crippen LogP contribution < -0.4 is 16.0 Å². The quantitative estimate of drug-likeness (QED) is 0.232. The number of para-hydroxylation sites is 1. The number of rotatable bonds is 6. The lowest BCUT2D eigenvalue weighted by Crippen LogP contribution is -2.36. The Balaban J connectivity index is 1.54. The fourth-order valence-electron chi connectivity index (χ4n) is 4.04. The van der Waals surface area contributed by atoms with Gasteiger partial charge in [0.2, 0.25) is 11.9 Å². The molecule has 4 aromatic rings. The minimum atomic E-state index is -0.320. The van der Waals surface area contributed by atoms with E-state index in [9.17, 15) is 9.59 Å². The van der Waals surface area contributed by atoms with Gasteiger partial charge in [-0.3, -0.25) is 19.9 Å². The van der Waals surface area contributed by atoms with Crippen molar-refractivity contribution in [2.75, 3.05) is 17.2 Å². The van der Waals surface area contributed by atoms with Gasteiger partial charge >= 0.3 is 0 Å². The predicted octanol–water partition coefficient (Wildman–Crippen LogP) is 5.18. The third-order valence-electron chi connectivity index (χ3n) is 5.49. The molecule has 4 N–H and O–H groups in total. The first kappa shape index (κ1) is 23.8. The second-order valence-corrected chi connectivity index (χ2v) is 8.56. The highest BCUT2D eigenvalue weighted by Gasteiger charge is 2.11. The smallest absolute Gasteiger partial charge is 0.258 e. The second kappa shape index (κ2) is 10.7. The van der Waals surface area contributed by atoms with Crippen LogP contribution in [0.4, 0.5) is 11.4 Å². The van der Waals surface area contributed by atoms with Gasteiger partial charge in [0.1, 0.15) is 0 Å². The van der Waals surface area contributed by atoms with E-state index in [1.165, 1.54) is 17.9 Å². The number of fused-ring (bicyclic) bond motifs is 1. The molecule has 0 aliphatic rings. The molecular weight excluding hydrogens is 438 g/mol. The number of aliphatic imine (C=N–C) groups is 1. The van der Waals surface area contributed by atoms with Crippen LogP contribution in [0.2, 0.25) is 0 Å². The molecule has 0 aliphatic carbocycles. The highest BCUT2D eigenvalue weighted by molar-refractivity contribution is 6.10. The number of aromatic amines is 1. The van der Waals surface area contributed by atoms with Crippen molar-refractivity contribution in [1.82, 2.24) is 10.3 Å². The number of carbonyl (C=O) groups is 2. The molecular formula is C28H29N5O2. The number of aromatic nitrogens is 1. The number of H-pyrrole nitrogens is 1. The number of carbonyl (C=O) groups excluding carboxylic acids is 2. The molecule has 3 aromatic carbocycles. The average molecular weight is 468 g/mol. The number of guanidine groups is 1. The lowest BCUT2D eigenvalue weighted by Gasteiger charge is -2.14. The molecule has 0 atom stereocenters. The monoisotopic (exact) mass is 467 g/mol. The lowest BCUT2D eigenvalue weighted by atomic mass is 10.1. The molecule has 178 valence electrons. The van der Waals surface area contributed by atoms with Crippen molar-refractivity contribution in [3.8, 4) is 0 Å². The van der Waals surface area contributed by atoms with Crippen LogP contribution in [0.15, 0.2) is 77.9 Å². The van der Waals surface area contributed by atoms with Crippen LogP contribution in [0, 0.1) is 13.8 Å². The van der Waals surface area contributed by atoms with E-state index in [1.807, 2.05) is 50.4 Å². The molecule has 1 aromatic heterocycles. The Morgan fingerprint density at radius 1 is 0.886 bits per heavy atom. The summed E-state index contributed by atoms with van der Waals surface area (Å²) >= 11 is 0. The summed E-state index contributed by atoms with van der Waals surface area (Å²) in [5, 5.41) is 10.0. The largest absolute Gasteiger partial charge is 0.361 e. The van der Waals surface area contributed by atoms with Crippen molar-refractivity contribution < 1.29 is 9.59 Å². The van der Waals surface area contributed by atoms with Crippen LogP contribution in [0.5, 0.6) is 0 Å².